The van der Waals surface area contributed by atoms with Gasteiger partial charge in [-0.05, 0) is 18.9 Å². The SMILES string of the molecule is NC[C@H]1CCc2nccn2C1. The molecule has 1 aromatic heterocycles. The Bertz CT molecular complexity index is 241. The molecule has 3 heteroatoms. The lowest BCUT2D eigenvalue weighted by molar-refractivity contribution is 0.373. The fourth-order valence-corrected chi connectivity index (χ4v) is 1.63. The van der Waals surface area contributed by atoms with Crippen molar-refractivity contribution < 1.29 is 0 Å². The molecule has 0 saturated heterocycles. The molecule has 3 nitrogen and oxygen atoms in total. The lowest BCUT2D eigenvalue weighted by atomic mass is 10.00. The predicted octanol–water partition coefficient (Wildman–Crippen LogP) is 0.404. The first-order valence-electron chi connectivity index (χ1n) is 4.10. The van der Waals surface area contributed by atoms with Crippen LogP contribution in [0, 0.1) is 5.92 Å². The van der Waals surface area contributed by atoms with Crippen molar-refractivity contribution in [3.05, 3.63) is 18.2 Å². The lowest BCUT2D eigenvalue weighted by Gasteiger charge is -2.21. The Kier molecular flexibility index (Phi) is 1.66. The monoisotopic (exact) mass is 151 g/mol. The summed E-state index contributed by atoms with van der Waals surface area (Å²) in [6.07, 6.45) is 6.20. The number of nitrogens with zero attached hydrogens (tertiary/aromatic N) is 2. The van der Waals surface area contributed by atoms with Crippen LogP contribution in [0.4, 0.5) is 0 Å². The van der Waals surface area contributed by atoms with Crippen LogP contribution in [0.1, 0.15) is 12.2 Å². The molecule has 2 heterocycles. The molecular formula is C8H13N3. The van der Waals surface area contributed by atoms with Crippen molar-refractivity contribution in [2.75, 3.05) is 6.54 Å². The normalized spacial score (nSPS) is 23.2. The highest BCUT2D eigenvalue weighted by Gasteiger charge is 2.16. The number of fused-ring (bicyclic) bond motifs is 1. The van der Waals surface area contributed by atoms with E-state index in [4.69, 9.17) is 5.73 Å². The van der Waals surface area contributed by atoms with Crippen molar-refractivity contribution >= 4 is 0 Å². The van der Waals surface area contributed by atoms with Crippen molar-refractivity contribution in [2.24, 2.45) is 11.7 Å². The third-order valence-corrected chi connectivity index (χ3v) is 2.37. The molecule has 2 rings (SSSR count). The summed E-state index contributed by atoms with van der Waals surface area (Å²) < 4.78 is 2.21. The van der Waals surface area contributed by atoms with Crippen LogP contribution in [0.5, 0.6) is 0 Å². The first kappa shape index (κ1) is 6.85. The molecule has 0 saturated carbocycles. The Balaban J connectivity index is 2.18. The van der Waals surface area contributed by atoms with E-state index in [-0.39, 0.29) is 0 Å². The summed E-state index contributed by atoms with van der Waals surface area (Å²) in [7, 11) is 0. The average molecular weight is 151 g/mol. The number of rotatable bonds is 1. The smallest absolute Gasteiger partial charge is 0.108 e. The maximum Gasteiger partial charge on any atom is 0.108 e. The van der Waals surface area contributed by atoms with Crippen molar-refractivity contribution in [3.8, 4) is 0 Å². The number of hydrogen-bond donors (Lipinski definition) is 1. The fraction of sp³-hybridized carbons (Fsp3) is 0.625. The minimum atomic E-state index is 0.664. The van der Waals surface area contributed by atoms with Gasteiger partial charge in [-0.25, -0.2) is 4.98 Å². The number of hydrogen-bond acceptors (Lipinski definition) is 2. The van der Waals surface area contributed by atoms with Crippen LogP contribution in [-0.2, 0) is 13.0 Å². The molecule has 0 spiro atoms. The molecule has 11 heavy (non-hydrogen) atoms. The molecule has 0 aliphatic carbocycles. The van der Waals surface area contributed by atoms with Crippen molar-refractivity contribution in [2.45, 2.75) is 19.4 Å². The first-order chi connectivity index (χ1) is 5.40. The third kappa shape index (κ3) is 1.16. The molecule has 0 bridgehead atoms. The molecule has 1 aromatic rings. The number of imidazole rings is 1. The topological polar surface area (TPSA) is 43.8 Å². The van der Waals surface area contributed by atoms with Gasteiger partial charge in [-0.2, -0.15) is 0 Å². The fourth-order valence-electron chi connectivity index (χ4n) is 1.63. The van der Waals surface area contributed by atoms with Gasteiger partial charge in [-0.1, -0.05) is 0 Å². The Labute approximate surface area is 66.2 Å². The number of aromatic nitrogens is 2. The molecule has 60 valence electrons. The van der Waals surface area contributed by atoms with Crippen molar-refractivity contribution in [1.82, 2.24) is 9.55 Å². The summed E-state index contributed by atoms with van der Waals surface area (Å²) in [5.41, 5.74) is 5.60. The zero-order valence-electron chi connectivity index (χ0n) is 6.53. The molecule has 0 aromatic carbocycles. The largest absolute Gasteiger partial charge is 0.335 e. The van der Waals surface area contributed by atoms with Gasteiger partial charge in [0.25, 0.3) is 0 Å². The average Bonchev–Trinajstić information content (AvgIpc) is 2.50. The molecule has 0 radical (unpaired) electrons. The summed E-state index contributed by atoms with van der Waals surface area (Å²) in [5, 5.41) is 0. The molecule has 0 fully saturated rings. The second-order valence-electron chi connectivity index (χ2n) is 3.14. The summed E-state index contributed by atoms with van der Waals surface area (Å²) in [5.74, 6) is 1.88. The van der Waals surface area contributed by atoms with Gasteiger partial charge in [0.1, 0.15) is 5.82 Å². The Morgan fingerprint density at radius 2 is 2.64 bits per heavy atom. The van der Waals surface area contributed by atoms with E-state index in [9.17, 15) is 0 Å². The van der Waals surface area contributed by atoms with Crippen molar-refractivity contribution in [3.63, 3.8) is 0 Å². The number of aryl methyl sites for hydroxylation is 1. The van der Waals surface area contributed by atoms with E-state index >= 15 is 0 Å². The standard InChI is InChI=1S/C8H13N3/c9-5-7-1-2-8-10-3-4-11(8)6-7/h3-4,7H,1-2,5-6,9H2/t7-/m1/s1. The highest BCUT2D eigenvalue weighted by Crippen LogP contribution is 2.16. The van der Waals surface area contributed by atoms with Gasteiger partial charge in [0, 0.05) is 25.4 Å². The van der Waals surface area contributed by atoms with Crippen LogP contribution >= 0.6 is 0 Å². The minimum absolute atomic E-state index is 0.664. The van der Waals surface area contributed by atoms with E-state index in [0.717, 1.165) is 19.5 Å². The second-order valence-corrected chi connectivity index (χ2v) is 3.14. The Hall–Kier alpha value is -0.830. The molecular weight excluding hydrogens is 138 g/mol. The summed E-state index contributed by atoms with van der Waals surface area (Å²) in [4.78, 5) is 4.25. The molecule has 1 atom stereocenters. The quantitative estimate of drug-likeness (QED) is 0.631. The van der Waals surface area contributed by atoms with E-state index in [1.54, 1.807) is 0 Å². The van der Waals surface area contributed by atoms with E-state index in [0.29, 0.717) is 5.92 Å². The zero-order valence-corrected chi connectivity index (χ0v) is 6.53. The maximum atomic E-state index is 5.60. The highest BCUT2D eigenvalue weighted by atomic mass is 15.1. The van der Waals surface area contributed by atoms with Crippen molar-refractivity contribution in [1.29, 1.82) is 0 Å². The highest BCUT2D eigenvalue weighted by molar-refractivity contribution is 4.96. The molecule has 0 amide bonds. The van der Waals surface area contributed by atoms with Crippen LogP contribution in [0.25, 0.3) is 0 Å². The van der Waals surface area contributed by atoms with Crippen LogP contribution < -0.4 is 5.73 Å². The molecule has 2 N–H and O–H groups in total. The van der Waals surface area contributed by atoms with E-state index in [2.05, 4.69) is 9.55 Å². The summed E-state index contributed by atoms with van der Waals surface area (Å²) in [6, 6.07) is 0. The van der Waals surface area contributed by atoms with E-state index in [1.807, 2.05) is 12.4 Å². The molecule has 1 aliphatic heterocycles. The first-order valence-corrected chi connectivity index (χ1v) is 4.10. The summed E-state index contributed by atoms with van der Waals surface area (Å²) >= 11 is 0. The van der Waals surface area contributed by atoms with Crippen LogP contribution in [0.3, 0.4) is 0 Å². The minimum Gasteiger partial charge on any atom is -0.335 e. The van der Waals surface area contributed by atoms with Gasteiger partial charge >= 0.3 is 0 Å². The lowest BCUT2D eigenvalue weighted by Crippen LogP contribution is -2.25. The van der Waals surface area contributed by atoms with Gasteiger partial charge < -0.3 is 10.3 Å². The zero-order chi connectivity index (χ0) is 7.68. The van der Waals surface area contributed by atoms with Gasteiger partial charge in [0.15, 0.2) is 0 Å². The molecule has 1 aliphatic rings. The van der Waals surface area contributed by atoms with E-state index in [1.165, 1.54) is 12.2 Å². The van der Waals surface area contributed by atoms with Gasteiger partial charge in [-0.15, -0.1) is 0 Å². The second kappa shape index (κ2) is 2.66. The summed E-state index contributed by atoms with van der Waals surface area (Å²) in [6.45, 7) is 1.86. The van der Waals surface area contributed by atoms with Crippen LogP contribution in [0.15, 0.2) is 12.4 Å². The predicted molar refractivity (Wildman–Crippen MR) is 43.1 cm³/mol. The van der Waals surface area contributed by atoms with Gasteiger partial charge in [-0.3, -0.25) is 0 Å². The van der Waals surface area contributed by atoms with Crippen LogP contribution in [-0.4, -0.2) is 16.1 Å². The van der Waals surface area contributed by atoms with Crippen LogP contribution in [0.2, 0.25) is 0 Å². The number of nitrogens with two attached hydrogens (primary N) is 1. The maximum absolute atomic E-state index is 5.60. The Morgan fingerprint density at radius 3 is 3.45 bits per heavy atom. The van der Waals surface area contributed by atoms with E-state index < -0.39 is 0 Å². The van der Waals surface area contributed by atoms with Gasteiger partial charge in [0.05, 0.1) is 0 Å². The van der Waals surface area contributed by atoms with Gasteiger partial charge in [0.2, 0.25) is 0 Å². The molecule has 0 unspecified atom stereocenters. The Morgan fingerprint density at radius 1 is 1.73 bits per heavy atom. The third-order valence-electron chi connectivity index (χ3n) is 2.37.